The molecule has 0 unspecified atom stereocenters. The average Bonchev–Trinajstić information content (AvgIpc) is 2.83. The molecule has 0 spiro atoms. The number of nitrogens with one attached hydrogen (secondary N) is 2. The van der Waals surface area contributed by atoms with Crippen LogP contribution >= 0.6 is 0 Å². The predicted octanol–water partition coefficient (Wildman–Crippen LogP) is 2.12. The van der Waals surface area contributed by atoms with Gasteiger partial charge in [-0.1, -0.05) is 13.8 Å². The zero-order valence-corrected chi connectivity index (χ0v) is 11.7. The minimum atomic E-state index is -3.38. The quantitative estimate of drug-likeness (QED) is 0.860. The lowest BCUT2D eigenvalue weighted by molar-refractivity contribution is 0.530. The molecule has 5 heteroatoms. The molecule has 0 fully saturated rings. The Labute approximate surface area is 109 Å². The van der Waals surface area contributed by atoms with Gasteiger partial charge in [0.25, 0.3) is 0 Å². The monoisotopic (exact) mass is 268 g/mol. The van der Waals surface area contributed by atoms with Crippen molar-refractivity contribution in [2.45, 2.75) is 44.0 Å². The molecule has 2 rings (SSSR count). The van der Waals surface area contributed by atoms with Crippen LogP contribution in [0.15, 0.2) is 23.1 Å². The van der Waals surface area contributed by atoms with Crippen molar-refractivity contribution in [1.29, 1.82) is 0 Å². The highest BCUT2D eigenvalue weighted by Crippen LogP contribution is 2.25. The minimum absolute atomic E-state index is 0.0152. The van der Waals surface area contributed by atoms with E-state index >= 15 is 0 Å². The number of sulfonamides is 1. The van der Waals surface area contributed by atoms with Crippen molar-refractivity contribution in [3.8, 4) is 0 Å². The molecule has 0 saturated carbocycles. The fraction of sp³-hybridized carbons (Fsp3) is 0.538. The number of hydrogen-bond donors (Lipinski definition) is 2. The summed E-state index contributed by atoms with van der Waals surface area (Å²) in [5, 5.41) is 3.23. The summed E-state index contributed by atoms with van der Waals surface area (Å²) in [6, 6.07) is 5.31. The van der Waals surface area contributed by atoms with Crippen LogP contribution in [0.4, 0.5) is 5.69 Å². The summed E-state index contributed by atoms with van der Waals surface area (Å²) in [5.74, 6) is 0. The highest BCUT2D eigenvalue weighted by molar-refractivity contribution is 7.89. The molecular formula is C13H20N2O2S. The van der Waals surface area contributed by atoms with Gasteiger partial charge in [0, 0.05) is 18.3 Å². The maximum Gasteiger partial charge on any atom is 0.240 e. The van der Waals surface area contributed by atoms with E-state index in [9.17, 15) is 8.42 Å². The Hall–Kier alpha value is -1.07. The zero-order valence-electron chi connectivity index (χ0n) is 10.9. The van der Waals surface area contributed by atoms with Gasteiger partial charge in [0.2, 0.25) is 10.0 Å². The van der Waals surface area contributed by atoms with E-state index < -0.39 is 10.0 Å². The summed E-state index contributed by atoms with van der Waals surface area (Å²) in [5.41, 5.74) is 2.14. The van der Waals surface area contributed by atoms with E-state index in [-0.39, 0.29) is 6.04 Å². The zero-order chi connectivity index (χ0) is 13.2. The summed E-state index contributed by atoms with van der Waals surface area (Å²) in [7, 11) is -3.38. The molecule has 0 atom stereocenters. The number of fused-ring (bicyclic) bond motifs is 1. The van der Waals surface area contributed by atoms with Gasteiger partial charge in [0.05, 0.1) is 4.90 Å². The average molecular weight is 268 g/mol. The topological polar surface area (TPSA) is 58.2 Å². The highest BCUT2D eigenvalue weighted by atomic mass is 32.2. The Morgan fingerprint density at radius 2 is 2.06 bits per heavy atom. The van der Waals surface area contributed by atoms with Crippen molar-refractivity contribution in [3.63, 3.8) is 0 Å². The van der Waals surface area contributed by atoms with E-state index in [1.54, 1.807) is 12.1 Å². The van der Waals surface area contributed by atoms with Gasteiger partial charge in [0.1, 0.15) is 0 Å². The van der Waals surface area contributed by atoms with E-state index in [1.807, 2.05) is 19.9 Å². The Bertz CT molecular complexity index is 522. The molecule has 18 heavy (non-hydrogen) atoms. The van der Waals surface area contributed by atoms with E-state index in [4.69, 9.17) is 0 Å². The molecular weight excluding hydrogens is 248 g/mol. The van der Waals surface area contributed by atoms with Crippen molar-refractivity contribution >= 4 is 15.7 Å². The molecule has 1 aliphatic heterocycles. The Morgan fingerprint density at radius 3 is 2.72 bits per heavy atom. The van der Waals surface area contributed by atoms with Gasteiger partial charge in [-0.3, -0.25) is 0 Å². The van der Waals surface area contributed by atoms with Crippen molar-refractivity contribution in [2.75, 3.05) is 11.9 Å². The first kappa shape index (κ1) is 13.4. The number of hydrogen-bond acceptors (Lipinski definition) is 3. The van der Waals surface area contributed by atoms with Crippen molar-refractivity contribution in [1.82, 2.24) is 4.72 Å². The summed E-state index contributed by atoms with van der Waals surface area (Å²) in [6.45, 7) is 4.87. The third kappa shape index (κ3) is 2.67. The normalized spacial score (nSPS) is 14.6. The Morgan fingerprint density at radius 1 is 1.33 bits per heavy atom. The first-order valence-corrected chi connectivity index (χ1v) is 7.94. The van der Waals surface area contributed by atoms with Crippen LogP contribution in [0.25, 0.3) is 0 Å². The van der Waals surface area contributed by atoms with Gasteiger partial charge in [-0.05, 0) is 43.0 Å². The number of rotatable bonds is 5. The van der Waals surface area contributed by atoms with Crippen LogP contribution in [0, 0.1) is 0 Å². The van der Waals surface area contributed by atoms with Crippen LogP contribution in [-0.2, 0) is 16.4 Å². The van der Waals surface area contributed by atoms with Crippen molar-refractivity contribution < 1.29 is 8.42 Å². The molecule has 1 aliphatic rings. The molecule has 0 radical (unpaired) electrons. The van der Waals surface area contributed by atoms with Gasteiger partial charge >= 0.3 is 0 Å². The third-order valence-corrected chi connectivity index (χ3v) is 4.92. The smallest absolute Gasteiger partial charge is 0.240 e. The molecule has 1 aromatic carbocycles. The SMILES string of the molecule is CCC(CC)NS(=O)(=O)c1ccc2c(c1)CCN2. The summed E-state index contributed by atoms with van der Waals surface area (Å²) >= 11 is 0. The van der Waals surface area contributed by atoms with E-state index in [1.165, 1.54) is 0 Å². The second-order valence-electron chi connectivity index (χ2n) is 4.63. The fourth-order valence-electron chi connectivity index (χ4n) is 2.19. The molecule has 0 saturated heterocycles. The predicted molar refractivity (Wildman–Crippen MR) is 73.3 cm³/mol. The lowest BCUT2D eigenvalue weighted by atomic mass is 10.2. The Kier molecular flexibility index (Phi) is 3.92. The van der Waals surface area contributed by atoms with Gasteiger partial charge in [0.15, 0.2) is 0 Å². The van der Waals surface area contributed by atoms with Crippen LogP contribution in [0.1, 0.15) is 32.3 Å². The van der Waals surface area contributed by atoms with E-state index in [0.717, 1.165) is 37.1 Å². The molecule has 0 aromatic heterocycles. The first-order valence-electron chi connectivity index (χ1n) is 6.46. The van der Waals surface area contributed by atoms with Gasteiger partial charge < -0.3 is 5.32 Å². The van der Waals surface area contributed by atoms with Crippen molar-refractivity contribution in [2.24, 2.45) is 0 Å². The largest absolute Gasteiger partial charge is 0.384 e. The second kappa shape index (κ2) is 5.28. The maximum atomic E-state index is 12.2. The summed E-state index contributed by atoms with van der Waals surface area (Å²) < 4.78 is 27.2. The first-order chi connectivity index (χ1) is 8.56. The maximum absolute atomic E-state index is 12.2. The van der Waals surface area contributed by atoms with E-state index in [0.29, 0.717) is 4.90 Å². The van der Waals surface area contributed by atoms with Crippen LogP contribution < -0.4 is 10.0 Å². The molecule has 1 heterocycles. The lowest BCUT2D eigenvalue weighted by Crippen LogP contribution is -2.33. The Balaban J connectivity index is 2.24. The molecule has 0 amide bonds. The highest BCUT2D eigenvalue weighted by Gasteiger charge is 2.20. The molecule has 2 N–H and O–H groups in total. The molecule has 0 bridgehead atoms. The molecule has 0 aliphatic carbocycles. The third-order valence-electron chi connectivity index (χ3n) is 3.40. The lowest BCUT2D eigenvalue weighted by Gasteiger charge is -2.15. The van der Waals surface area contributed by atoms with Crippen LogP contribution in [-0.4, -0.2) is 21.0 Å². The number of benzene rings is 1. The standard InChI is InChI=1S/C13H20N2O2S/c1-3-11(4-2)15-18(16,17)12-5-6-13-10(9-12)7-8-14-13/h5-6,9,11,14-15H,3-4,7-8H2,1-2H3. The summed E-state index contributed by atoms with van der Waals surface area (Å²) in [6.07, 6.45) is 2.51. The molecule has 1 aromatic rings. The van der Waals surface area contributed by atoms with Gasteiger partial charge in [-0.25, -0.2) is 13.1 Å². The minimum Gasteiger partial charge on any atom is -0.384 e. The number of anilines is 1. The van der Waals surface area contributed by atoms with Crippen LogP contribution in [0.2, 0.25) is 0 Å². The fourth-order valence-corrected chi connectivity index (χ4v) is 3.64. The van der Waals surface area contributed by atoms with Crippen molar-refractivity contribution in [3.05, 3.63) is 23.8 Å². The molecule has 4 nitrogen and oxygen atoms in total. The van der Waals surface area contributed by atoms with Gasteiger partial charge in [-0.2, -0.15) is 0 Å². The van der Waals surface area contributed by atoms with Crippen LogP contribution in [0.5, 0.6) is 0 Å². The van der Waals surface area contributed by atoms with E-state index in [2.05, 4.69) is 10.0 Å². The second-order valence-corrected chi connectivity index (χ2v) is 6.34. The van der Waals surface area contributed by atoms with Gasteiger partial charge in [-0.15, -0.1) is 0 Å². The summed E-state index contributed by atoms with van der Waals surface area (Å²) in [4.78, 5) is 0.372. The molecule has 100 valence electrons. The van der Waals surface area contributed by atoms with Crippen LogP contribution in [0.3, 0.4) is 0 Å².